The van der Waals surface area contributed by atoms with Crippen LogP contribution < -0.4 is 4.74 Å². The minimum atomic E-state index is -3.35. The standard InChI is InChI=1S/C28H32FNO5S/c1-4-5-17-35-28-24(19(2)7-6-8-26(31)32)18-25(20-11-15-23(16-12-20)36(3,33)34)27(30-28)21-9-13-22(29)14-10-21/h9-16,18-19H,4-8,17H2,1-3H3,(H,31,32). The van der Waals surface area contributed by atoms with Crippen LogP contribution in [0.4, 0.5) is 4.39 Å². The molecular weight excluding hydrogens is 481 g/mol. The largest absolute Gasteiger partial charge is 0.481 e. The van der Waals surface area contributed by atoms with Crippen LogP contribution in [-0.4, -0.2) is 37.3 Å². The van der Waals surface area contributed by atoms with Crippen LogP contribution in [0.25, 0.3) is 22.4 Å². The third-order valence-corrected chi connectivity index (χ3v) is 7.15. The topological polar surface area (TPSA) is 93.6 Å². The Morgan fingerprint density at radius 1 is 1.06 bits per heavy atom. The monoisotopic (exact) mass is 513 g/mol. The van der Waals surface area contributed by atoms with Crippen molar-refractivity contribution in [1.29, 1.82) is 0 Å². The van der Waals surface area contributed by atoms with Crippen molar-refractivity contribution in [1.82, 2.24) is 4.98 Å². The molecule has 3 aromatic rings. The Morgan fingerprint density at radius 3 is 2.28 bits per heavy atom. The highest BCUT2D eigenvalue weighted by Gasteiger charge is 2.21. The quantitative estimate of drug-likeness (QED) is 0.278. The normalized spacial score (nSPS) is 12.3. The predicted octanol–water partition coefficient (Wildman–Crippen LogP) is 6.50. The number of carboxylic acids is 1. The molecule has 2 aromatic carbocycles. The fourth-order valence-electron chi connectivity index (χ4n) is 3.94. The molecule has 6 nitrogen and oxygen atoms in total. The van der Waals surface area contributed by atoms with E-state index in [0.717, 1.165) is 35.8 Å². The molecule has 1 unspecified atom stereocenters. The maximum atomic E-state index is 13.7. The van der Waals surface area contributed by atoms with E-state index in [-0.39, 0.29) is 23.1 Å². The van der Waals surface area contributed by atoms with Crippen molar-refractivity contribution in [2.24, 2.45) is 0 Å². The summed E-state index contributed by atoms with van der Waals surface area (Å²) in [5.41, 5.74) is 3.65. The van der Waals surface area contributed by atoms with Gasteiger partial charge in [0.15, 0.2) is 9.84 Å². The lowest BCUT2D eigenvalue weighted by Crippen LogP contribution is -2.07. The van der Waals surface area contributed by atoms with E-state index in [1.165, 1.54) is 12.1 Å². The van der Waals surface area contributed by atoms with Gasteiger partial charge in [0.05, 0.1) is 17.2 Å². The van der Waals surface area contributed by atoms with Crippen LogP contribution in [0.1, 0.15) is 57.4 Å². The summed E-state index contributed by atoms with van der Waals surface area (Å²) < 4.78 is 43.7. The number of aromatic nitrogens is 1. The maximum absolute atomic E-state index is 13.7. The van der Waals surface area contributed by atoms with Crippen molar-refractivity contribution in [3.05, 3.63) is 66.0 Å². The number of carbonyl (C=O) groups is 1. The number of carboxylic acid groups (broad SMARTS) is 1. The first kappa shape index (κ1) is 27.3. The maximum Gasteiger partial charge on any atom is 0.303 e. The van der Waals surface area contributed by atoms with E-state index >= 15 is 0 Å². The van der Waals surface area contributed by atoms with Crippen LogP contribution in [0.3, 0.4) is 0 Å². The van der Waals surface area contributed by atoms with Crippen LogP contribution >= 0.6 is 0 Å². The summed E-state index contributed by atoms with van der Waals surface area (Å²) in [6.07, 6.45) is 4.21. The number of nitrogens with zero attached hydrogens (tertiary/aromatic N) is 1. The molecule has 192 valence electrons. The number of unbranched alkanes of at least 4 members (excludes halogenated alkanes) is 1. The number of hydrogen-bond donors (Lipinski definition) is 1. The van der Waals surface area contributed by atoms with Crippen LogP contribution in [-0.2, 0) is 14.6 Å². The van der Waals surface area contributed by atoms with Gasteiger partial charge in [-0.15, -0.1) is 0 Å². The molecule has 0 aliphatic carbocycles. The van der Waals surface area contributed by atoms with E-state index < -0.39 is 15.8 Å². The smallest absolute Gasteiger partial charge is 0.303 e. The second kappa shape index (κ2) is 12.1. The number of halogens is 1. The molecule has 0 bridgehead atoms. The summed E-state index contributed by atoms with van der Waals surface area (Å²) in [5.74, 6) is -0.745. The first-order chi connectivity index (χ1) is 17.1. The molecule has 0 amide bonds. The molecule has 1 N–H and O–H groups in total. The molecule has 1 atom stereocenters. The fraction of sp³-hybridized carbons (Fsp3) is 0.357. The lowest BCUT2D eigenvalue weighted by atomic mass is 9.91. The number of hydrogen-bond acceptors (Lipinski definition) is 5. The van der Waals surface area contributed by atoms with E-state index in [2.05, 4.69) is 6.92 Å². The van der Waals surface area contributed by atoms with Gasteiger partial charge >= 0.3 is 5.97 Å². The lowest BCUT2D eigenvalue weighted by molar-refractivity contribution is -0.137. The first-order valence-electron chi connectivity index (χ1n) is 12.1. The number of sulfone groups is 1. The molecule has 0 spiro atoms. The zero-order chi connectivity index (χ0) is 26.3. The average Bonchev–Trinajstić information content (AvgIpc) is 2.83. The number of rotatable bonds is 12. The lowest BCUT2D eigenvalue weighted by Gasteiger charge is -2.20. The highest BCUT2D eigenvalue weighted by Crippen LogP contribution is 2.39. The summed E-state index contributed by atoms with van der Waals surface area (Å²) >= 11 is 0. The summed E-state index contributed by atoms with van der Waals surface area (Å²) in [5, 5.41) is 9.04. The van der Waals surface area contributed by atoms with Crippen LogP contribution in [0.15, 0.2) is 59.5 Å². The van der Waals surface area contributed by atoms with Gasteiger partial charge in [-0.3, -0.25) is 4.79 Å². The second-order valence-corrected chi connectivity index (χ2v) is 11.0. The zero-order valence-electron chi connectivity index (χ0n) is 20.8. The summed E-state index contributed by atoms with van der Waals surface area (Å²) in [6, 6.07) is 14.6. The molecule has 0 aliphatic rings. The number of ether oxygens (including phenoxy) is 1. The molecule has 1 heterocycles. The fourth-order valence-corrected chi connectivity index (χ4v) is 4.57. The van der Waals surface area contributed by atoms with Gasteiger partial charge < -0.3 is 9.84 Å². The number of benzene rings is 2. The number of aliphatic carboxylic acids is 1. The molecule has 0 fully saturated rings. The third kappa shape index (κ3) is 7.13. The van der Waals surface area contributed by atoms with E-state index in [0.29, 0.717) is 36.6 Å². The average molecular weight is 514 g/mol. The molecule has 1 aromatic heterocycles. The van der Waals surface area contributed by atoms with Crippen molar-refractivity contribution < 1.29 is 27.4 Å². The van der Waals surface area contributed by atoms with Gasteiger partial charge in [0, 0.05) is 29.4 Å². The zero-order valence-corrected chi connectivity index (χ0v) is 21.6. The second-order valence-electron chi connectivity index (χ2n) is 8.97. The molecule has 0 saturated heterocycles. The van der Waals surface area contributed by atoms with Crippen molar-refractivity contribution in [3.8, 4) is 28.3 Å². The van der Waals surface area contributed by atoms with E-state index in [1.807, 2.05) is 13.0 Å². The molecule has 0 aliphatic heterocycles. The SMILES string of the molecule is CCCCOc1nc(-c2ccc(F)cc2)c(-c2ccc(S(C)(=O)=O)cc2)cc1C(C)CCCC(=O)O. The molecule has 8 heteroatoms. The van der Waals surface area contributed by atoms with Crippen LogP contribution in [0.2, 0.25) is 0 Å². The van der Waals surface area contributed by atoms with Gasteiger partial charge in [-0.1, -0.05) is 32.4 Å². The van der Waals surface area contributed by atoms with Crippen molar-refractivity contribution in [3.63, 3.8) is 0 Å². The van der Waals surface area contributed by atoms with Gasteiger partial charge in [-0.2, -0.15) is 0 Å². The van der Waals surface area contributed by atoms with Gasteiger partial charge in [0.1, 0.15) is 5.82 Å². The Hall–Kier alpha value is -3.26. The molecule has 3 rings (SSSR count). The molecule has 36 heavy (non-hydrogen) atoms. The molecule has 0 saturated carbocycles. The van der Waals surface area contributed by atoms with E-state index in [9.17, 15) is 17.6 Å². The Kier molecular flexibility index (Phi) is 9.20. The Balaban J connectivity index is 2.16. The Bertz CT molecular complexity index is 1290. The van der Waals surface area contributed by atoms with Crippen LogP contribution in [0, 0.1) is 5.82 Å². The van der Waals surface area contributed by atoms with Gasteiger partial charge in [-0.05, 0) is 73.2 Å². The van der Waals surface area contributed by atoms with Gasteiger partial charge in [0.25, 0.3) is 0 Å². The summed E-state index contributed by atoms with van der Waals surface area (Å²) in [7, 11) is -3.35. The Labute approximate surface area is 212 Å². The Morgan fingerprint density at radius 2 is 1.69 bits per heavy atom. The van der Waals surface area contributed by atoms with Crippen molar-refractivity contribution >= 4 is 15.8 Å². The predicted molar refractivity (Wildman–Crippen MR) is 138 cm³/mol. The first-order valence-corrected chi connectivity index (χ1v) is 13.9. The van der Waals surface area contributed by atoms with Crippen molar-refractivity contribution in [2.45, 2.75) is 56.8 Å². The highest BCUT2D eigenvalue weighted by atomic mass is 32.2. The van der Waals surface area contributed by atoms with E-state index in [1.54, 1.807) is 36.4 Å². The van der Waals surface area contributed by atoms with E-state index in [4.69, 9.17) is 14.8 Å². The third-order valence-electron chi connectivity index (χ3n) is 6.02. The van der Waals surface area contributed by atoms with Gasteiger partial charge in [-0.25, -0.2) is 17.8 Å². The molecule has 0 radical (unpaired) electrons. The molecular formula is C28H32FNO5S. The highest BCUT2D eigenvalue weighted by molar-refractivity contribution is 7.90. The summed E-state index contributed by atoms with van der Waals surface area (Å²) in [6.45, 7) is 4.57. The van der Waals surface area contributed by atoms with Crippen LogP contribution in [0.5, 0.6) is 5.88 Å². The number of pyridine rings is 1. The summed E-state index contributed by atoms with van der Waals surface area (Å²) in [4.78, 5) is 16.1. The van der Waals surface area contributed by atoms with Crippen molar-refractivity contribution in [2.75, 3.05) is 12.9 Å². The minimum absolute atomic E-state index is 0.0233. The van der Waals surface area contributed by atoms with Gasteiger partial charge in [0.2, 0.25) is 5.88 Å². The minimum Gasteiger partial charge on any atom is -0.481 e.